The largest absolute Gasteiger partial charge is 0.277 e. The minimum atomic E-state index is 0.629. The molecule has 0 spiro atoms. The molecule has 0 aliphatic rings. The zero-order valence-electron chi connectivity index (χ0n) is 31.3. The topological polar surface area (TPSA) is 60.9 Å². The third-order valence-electron chi connectivity index (χ3n) is 10.8. The molecule has 0 aliphatic heterocycles. The SMILES string of the molecule is c1ccc(-c2nc(-c3ccccc3)nc(-c3ccc(-c4ccc5c(c4)n4c6ccccc6nc4n5-c4c(-c5ccccc5)cccc4-c4ccccc4)cc3)n2)cc1. The summed E-state index contributed by atoms with van der Waals surface area (Å²) in [4.78, 5) is 20.1. The van der Waals surface area contributed by atoms with Gasteiger partial charge in [-0.3, -0.25) is 8.97 Å². The lowest BCUT2D eigenvalue weighted by Crippen LogP contribution is -2.01. The smallest absolute Gasteiger partial charge is 0.220 e. The van der Waals surface area contributed by atoms with Crippen molar-refractivity contribution in [3.05, 3.63) is 206 Å². The van der Waals surface area contributed by atoms with E-state index in [4.69, 9.17) is 19.9 Å². The average Bonchev–Trinajstić information content (AvgIpc) is 3.84. The Hall–Kier alpha value is -7.96. The van der Waals surface area contributed by atoms with E-state index in [1.54, 1.807) is 0 Å². The van der Waals surface area contributed by atoms with Crippen LogP contribution in [0.3, 0.4) is 0 Å². The second kappa shape index (κ2) is 14.0. The number of hydrogen-bond donors (Lipinski definition) is 0. The number of rotatable bonds is 7. The van der Waals surface area contributed by atoms with Gasteiger partial charge in [-0.05, 0) is 46.5 Å². The summed E-state index contributed by atoms with van der Waals surface area (Å²) >= 11 is 0. The fraction of sp³-hybridized carbons (Fsp3) is 0. The zero-order valence-corrected chi connectivity index (χ0v) is 31.3. The summed E-state index contributed by atoms with van der Waals surface area (Å²) in [6, 6.07) is 71.7. The van der Waals surface area contributed by atoms with Crippen LogP contribution in [0.2, 0.25) is 0 Å². The molecule has 58 heavy (non-hydrogen) atoms. The number of imidazole rings is 2. The first kappa shape index (κ1) is 33.4. The van der Waals surface area contributed by atoms with Crippen molar-refractivity contribution in [3.8, 4) is 73.2 Å². The fourth-order valence-corrected chi connectivity index (χ4v) is 8.04. The van der Waals surface area contributed by atoms with Gasteiger partial charge in [-0.2, -0.15) is 0 Å². The summed E-state index contributed by atoms with van der Waals surface area (Å²) in [5, 5.41) is 0. The molecule has 0 atom stereocenters. The Morgan fingerprint density at radius 1 is 0.293 bits per heavy atom. The van der Waals surface area contributed by atoms with Crippen LogP contribution in [0.25, 0.3) is 101 Å². The zero-order chi connectivity index (χ0) is 38.4. The predicted molar refractivity (Wildman–Crippen MR) is 236 cm³/mol. The van der Waals surface area contributed by atoms with Crippen LogP contribution in [-0.2, 0) is 0 Å². The lowest BCUT2D eigenvalue weighted by Gasteiger charge is -2.18. The summed E-state index contributed by atoms with van der Waals surface area (Å²) in [5.41, 5.74) is 14.8. The lowest BCUT2D eigenvalue weighted by atomic mass is 9.95. The van der Waals surface area contributed by atoms with E-state index >= 15 is 0 Å². The van der Waals surface area contributed by atoms with Gasteiger partial charge in [0.25, 0.3) is 0 Å². The first-order valence-corrected chi connectivity index (χ1v) is 19.4. The van der Waals surface area contributed by atoms with Crippen LogP contribution in [0.1, 0.15) is 0 Å². The highest BCUT2D eigenvalue weighted by molar-refractivity contribution is 5.97. The second-order valence-corrected chi connectivity index (χ2v) is 14.3. The minimum absolute atomic E-state index is 0.629. The Bertz CT molecular complexity index is 3130. The number of aromatic nitrogens is 6. The molecule has 0 radical (unpaired) electrons. The van der Waals surface area contributed by atoms with E-state index in [0.29, 0.717) is 17.5 Å². The molecule has 11 rings (SSSR count). The normalized spacial score (nSPS) is 11.4. The molecule has 3 aromatic heterocycles. The maximum Gasteiger partial charge on any atom is 0.220 e. The van der Waals surface area contributed by atoms with E-state index in [1.807, 2.05) is 60.7 Å². The van der Waals surface area contributed by atoms with Crippen LogP contribution in [0.15, 0.2) is 206 Å². The predicted octanol–water partition coefficient (Wildman–Crippen LogP) is 12.6. The van der Waals surface area contributed by atoms with E-state index in [2.05, 4.69) is 155 Å². The molecule has 11 aromatic rings. The molecule has 0 saturated carbocycles. The molecule has 6 nitrogen and oxygen atoms in total. The standard InChI is InChI=1S/C52H34N6/c1-5-16-36(17-6-1)42-24-15-25-43(37-18-7-2-8-19-37)48(42)58-46-33-32-41(34-47(46)57-45-27-14-13-26-44(45)53-52(57)58)35-28-30-40(31-29-35)51-55-49(38-20-9-3-10-21-38)54-50(56-51)39-22-11-4-12-23-39/h1-34H. The highest BCUT2D eigenvalue weighted by atomic mass is 15.2. The summed E-state index contributed by atoms with van der Waals surface area (Å²) in [6.45, 7) is 0. The van der Waals surface area contributed by atoms with E-state index in [-0.39, 0.29) is 0 Å². The first-order valence-electron chi connectivity index (χ1n) is 19.4. The highest BCUT2D eigenvalue weighted by Gasteiger charge is 2.23. The van der Waals surface area contributed by atoms with Gasteiger partial charge in [-0.25, -0.2) is 19.9 Å². The molecule has 0 unspecified atom stereocenters. The summed E-state index contributed by atoms with van der Waals surface area (Å²) in [7, 11) is 0. The molecule has 0 aliphatic carbocycles. The fourth-order valence-electron chi connectivity index (χ4n) is 8.04. The second-order valence-electron chi connectivity index (χ2n) is 14.3. The monoisotopic (exact) mass is 742 g/mol. The van der Waals surface area contributed by atoms with Crippen LogP contribution >= 0.6 is 0 Å². The Morgan fingerprint density at radius 3 is 1.29 bits per heavy atom. The molecular formula is C52H34N6. The van der Waals surface area contributed by atoms with Crippen molar-refractivity contribution in [1.29, 1.82) is 0 Å². The van der Waals surface area contributed by atoms with Crippen molar-refractivity contribution < 1.29 is 0 Å². The van der Waals surface area contributed by atoms with Gasteiger partial charge in [0.15, 0.2) is 17.5 Å². The Labute approximate surface area is 335 Å². The number of fused-ring (bicyclic) bond motifs is 5. The average molecular weight is 743 g/mol. The van der Waals surface area contributed by atoms with Crippen molar-refractivity contribution in [2.45, 2.75) is 0 Å². The van der Waals surface area contributed by atoms with Gasteiger partial charge in [-0.1, -0.05) is 182 Å². The van der Waals surface area contributed by atoms with Crippen LogP contribution in [-0.4, -0.2) is 28.9 Å². The van der Waals surface area contributed by atoms with Crippen LogP contribution in [0.5, 0.6) is 0 Å². The van der Waals surface area contributed by atoms with Gasteiger partial charge < -0.3 is 0 Å². The summed E-state index contributed by atoms with van der Waals surface area (Å²) < 4.78 is 4.66. The Kier molecular flexibility index (Phi) is 8.04. The van der Waals surface area contributed by atoms with Crippen molar-refractivity contribution in [1.82, 2.24) is 28.9 Å². The van der Waals surface area contributed by atoms with E-state index < -0.39 is 0 Å². The minimum Gasteiger partial charge on any atom is -0.277 e. The maximum absolute atomic E-state index is 5.31. The third-order valence-corrected chi connectivity index (χ3v) is 10.8. The highest BCUT2D eigenvalue weighted by Crippen LogP contribution is 2.41. The molecule has 0 amide bonds. The Morgan fingerprint density at radius 2 is 0.741 bits per heavy atom. The number of nitrogens with zero attached hydrogens (tertiary/aromatic N) is 6. The van der Waals surface area contributed by atoms with Crippen LogP contribution in [0, 0.1) is 0 Å². The first-order chi connectivity index (χ1) is 28.8. The molecule has 0 fully saturated rings. The van der Waals surface area contributed by atoms with E-state index in [1.165, 1.54) is 0 Å². The Balaban J connectivity index is 1.08. The van der Waals surface area contributed by atoms with Crippen LogP contribution in [0.4, 0.5) is 0 Å². The van der Waals surface area contributed by atoms with Gasteiger partial charge in [0, 0.05) is 27.8 Å². The van der Waals surface area contributed by atoms with Crippen molar-refractivity contribution in [2.75, 3.05) is 0 Å². The molecule has 0 saturated heterocycles. The molecule has 272 valence electrons. The van der Waals surface area contributed by atoms with Crippen molar-refractivity contribution >= 4 is 27.8 Å². The summed E-state index contributed by atoms with van der Waals surface area (Å²) in [6.07, 6.45) is 0. The van der Waals surface area contributed by atoms with Crippen LogP contribution < -0.4 is 0 Å². The van der Waals surface area contributed by atoms with Gasteiger partial charge in [-0.15, -0.1) is 0 Å². The molecule has 0 N–H and O–H groups in total. The van der Waals surface area contributed by atoms with Gasteiger partial charge in [0.05, 0.1) is 27.8 Å². The van der Waals surface area contributed by atoms with Crippen molar-refractivity contribution in [2.24, 2.45) is 0 Å². The number of hydrogen-bond acceptors (Lipinski definition) is 4. The van der Waals surface area contributed by atoms with Crippen molar-refractivity contribution in [3.63, 3.8) is 0 Å². The molecular weight excluding hydrogens is 709 g/mol. The summed E-state index contributed by atoms with van der Waals surface area (Å²) in [5.74, 6) is 2.78. The van der Waals surface area contributed by atoms with E-state index in [9.17, 15) is 0 Å². The lowest BCUT2D eigenvalue weighted by molar-refractivity contribution is 1.07. The third kappa shape index (κ3) is 5.74. The molecule has 3 heterocycles. The van der Waals surface area contributed by atoms with E-state index in [0.717, 1.165) is 83.6 Å². The van der Waals surface area contributed by atoms with Gasteiger partial charge in [0.2, 0.25) is 5.78 Å². The van der Waals surface area contributed by atoms with Gasteiger partial charge >= 0.3 is 0 Å². The molecule has 0 bridgehead atoms. The quantitative estimate of drug-likeness (QED) is 0.163. The number of benzene rings is 8. The molecule has 8 aromatic carbocycles. The number of para-hydroxylation sites is 3. The van der Waals surface area contributed by atoms with Gasteiger partial charge in [0.1, 0.15) is 0 Å². The molecule has 6 heteroatoms. The maximum atomic E-state index is 5.31.